The minimum Gasteiger partial charge on any atom is -0.490 e. The summed E-state index contributed by atoms with van der Waals surface area (Å²) in [6.45, 7) is 4.79. The van der Waals surface area contributed by atoms with Gasteiger partial charge < -0.3 is 15.2 Å². The lowest BCUT2D eigenvalue weighted by molar-refractivity contribution is 0.1000. The van der Waals surface area contributed by atoms with Gasteiger partial charge in [0.2, 0.25) is 15.9 Å². The molecule has 2 aromatic rings. The van der Waals surface area contributed by atoms with E-state index in [2.05, 4.69) is 0 Å². The summed E-state index contributed by atoms with van der Waals surface area (Å²) in [7, 11) is -3.73. The Morgan fingerprint density at radius 1 is 1.03 bits per heavy atom. The van der Waals surface area contributed by atoms with Gasteiger partial charge in [0.25, 0.3) is 0 Å². The van der Waals surface area contributed by atoms with Gasteiger partial charge in [-0.2, -0.15) is 4.31 Å². The first-order valence-corrected chi connectivity index (χ1v) is 11.1. The average Bonchev–Trinajstić information content (AvgIpc) is 3.53. The number of nitrogens with two attached hydrogens (primary N) is 1. The van der Waals surface area contributed by atoms with Crippen LogP contribution in [0.4, 0.5) is 0 Å². The van der Waals surface area contributed by atoms with E-state index in [0.717, 1.165) is 18.4 Å². The topological polar surface area (TPSA) is 98.9 Å². The van der Waals surface area contributed by atoms with Gasteiger partial charge in [-0.15, -0.1) is 0 Å². The fraction of sp³-hybridized carbons (Fsp3) is 0.381. The van der Waals surface area contributed by atoms with E-state index < -0.39 is 15.9 Å². The molecular weight excluding hydrogens is 392 g/mol. The molecule has 0 radical (unpaired) electrons. The quantitative estimate of drug-likeness (QED) is 0.640. The van der Waals surface area contributed by atoms with E-state index in [4.69, 9.17) is 15.2 Å². The highest BCUT2D eigenvalue weighted by Crippen LogP contribution is 2.36. The van der Waals surface area contributed by atoms with Gasteiger partial charge in [0.15, 0.2) is 11.5 Å². The third-order valence-electron chi connectivity index (χ3n) is 4.65. The van der Waals surface area contributed by atoms with Crippen LogP contribution in [-0.4, -0.2) is 37.9 Å². The Balaban J connectivity index is 1.90. The summed E-state index contributed by atoms with van der Waals surface area (Å²) in [6.07, 6.45) is 1.65. The SMILES string of the molecule is CCOc1ccc(S(=O)(=O)N(Cc2ccc(C(N)=O)cc2)C2CC2)cc1OCC. The van der Waals surface area contributed by atoms with Crippen molar-refractivity contribution in [3.63, 3.8) is 0 Å². The second kappa shape index (κ2) is 8.84. The summed E-state index contributed by atoms with van der Waals surface area (Å²) < 4.78 is 39.4. The van der Waals surface area contributed by atoms with Gasteiger partial charge in [0.1, 0.15) is 0 Å². The number of carbonyl (C=O) groups excluding carboxylic acids is 1. The van der Waals surface area contributed by atoms with Crippen LogP contribution in [0.3, 0.4) is 0 Å². The maximum Gasteiger partial charge on any atom is 0.248 e. The van der Waals surface area contributed by atoms with E-state index in [-0.39, 0.29) is 17.5 Å². The van der Waals surface area contributed by atoms with Gasteiger partial charge in [-0.05, 0) is 56.5 Å². The lowest BCUT2D eigenvalue weighted by Crippen LogP contribution is -2.32. The molecule has 0 spiro atoms. The first-order valence-electron chi connectivity index (χ1n) is 9.67. The predicted octanol–water partition coefficient (Wildman–Crippen LogP) is 2.94. The third kappa shape index (κ3) is 4.89. The molecule has 8 heteroatoms. The molecule has 0 bridgehead atoms. The number of hydrogen-bond donors (Lipinski definition) is 1. The first kappa shape index (κ1) is 21.1. The summed E-state index contributed by atoms with van der Waals surface area (Å²) in [5.41, 5.74) is 6.46. The lowest BCUT2D eigenvalue weighted by Gasteiger charge is -2.23. The highest BCUT2D eigenvalue weighted by molar-refractivity contribution is 7.89. The normalized spacial score (nSPS) is 14.0. The van der Waals surface area contributed by atoms with Crippen molar-refractivity contribution < 1.29 is 22.7 Å². The van der Waals surface area contributed by atoms with Crippen LogP contribution in [-0.2, 0) is 16.6 Å². The number of nitrogens with zero attached hydrogens (tertiary/aromatic N) is 1. The van der Waals surface area contributed by atoms with Crippen molar-refractivity contribution >= 4 is 15.9 Å². The number of carbonyl (C=O) groups is 1. The molecule has 156 valence electrons. The van der Waals surface area contributed by atoms with Crippen molar-refractivity contribution in [3.8, 4) is 11.5 Å². The van der Waals surface area contributed by atoms with Crippen LogP contribution in [0.2, 0.25) is 0 Å². The van der Waals surface area contributed by atoms with E-state index in [1.807, 2.05) is 13.8 Å². The van der Waals surface area contributed by atoms with E-state index in [9.17, 15) is 13.2 Å². The summed E-state index contributed by atoms with van der Waals surface area (Å²) >= 11 is 0. The predicted molar refractivity (Wildman–Crippen MR) is 109 cm³/mol. The van der Waals surface area contributed by atoms with Crippen LogP contribution in [0, 0.1) is 0 Å². The molecule has 0 aromatic heterocycles. The van der Waals surface area contributed by atoms with Crippen LogP contribution in [0.25, 0.3) is 0 Å². The molecule has 1 amide bonds. The molecule has 7 nitrogen and oxygen atoms in total. The lowest BCUT2D eigenvalue weighted by atomic mass is 10.1. The Morgan fingerprint density at radius 2 is 1.66 bits per heavy atom. The molecular formula is C21H26N2O5S. The molecule has 2 N–H and O–H groups in total. The van der Waals surface area contributed by atoms with Crippen LogP contribution in [0.15, 0.2) is 47.4 Å². The van der Waals surface area contributed by atoms with Crippen molar-refractivity contribution in [3.05, 3.63) is 53.6 Å². The van der Waals surface area contributed by atoms with Crippen molar-refractivity contribution in [2.24, 2.45) is 5.73 Å². The van der Waals surface area contributed by atoms with Crippen molar-refractivity contribution in [1.29, 1.82) is 0 Å². The number of ether oxygens (including phenoxy) is 2. The van der Waals surface area contributed by atoms with Crippen molar-refractivity contribution in [1.82, 2.24) is 4.31 Å². The monoisotopic (exact) mass is 418 g/mol. The summed E-state index contributed by atoms with van der Waals surface area (Å²) in [5, 5.41) is 0. The van der Waals surface area contributed by atoms with Crippen LogP contribution in [0.5, 0.6) is 11.5 Å². The molecule has 1 aliphatic rings. The number of benzene rings is 2. The fourth-order valence-corrected chi connectivity index (χ4v) is 4.74. The van der Waals surface area contributed by atoms with Crippen LogP contribution in [0.1, 0.15) is 42.6 Å². The Labute approximate surface area is 171 Å². The Morgan fingerprint density at radius 3 is 2.21 bits per heavy atom. The second-order valence-corrected chi connectivity index (χ2v) is 8.71. The Bertz CT molecular complexity index is 969. The summed E-state index contributed by atoms with van der Waals surface area (Å²) in [6, 6.07) is 11.4. The third-order valence-corrected chi connectivity index (χ3v) is 6.55. The fourth-order valence-electron chi connectivity index (χ4n) is 3.05. The number of hydrogen-bond acceptors (Lipinski definition) is 5. The zero-order chi connectivity index (χ0) is 21.0. The van der Waals surface area contributed by atoms with Gasteiger partial charge in [0, 0.05) is 24.2 Å². The van der Waals surface area contributed by atoms with E-state index in [1.54, 1.807) is 36.4 Å². The zero-order valence-corrected chi connectivity index (χ0v) is 17.4. The molecule has 1 fully saturated rings. The Hall–Kier alpha value is -2.58. The van der Waals surface area contributed by atoms with Gasteiger partial charge >= 0.3 is 0 Å². The molecule has 1 aliphatic carbocycles. The first-order chi connectivity index (χ1) is 13.9. The van der Waals surface area contributed by atoms with E-state index in [1.165, 1.54) is 10.4 Å². The summed E-state index contributed by atoms with van der Waals surface area (Å²) in [5.74, 6) is 0.423. The van der Waals surface area contributed by atoms with Gasteiger partial charge in [-0.1, -0.05) is 12.1 Å². The zero-order valence-electron chi connectivity index (χ0n) is 16.6. The molecule has 29 heavy (non-hydrogen) atoms. The molecule has 0 aliphatic heterocycles. The number of sulfonamides is 1. The van der Waals surface area contributed by atoms with Crippen molar-refractivity contribution in [2.75, 3.05) is 13.2 Å². The maximum atomic E-state index is 13.4. The smallest absolute Gasteiger partial charge is 0.248 e. The molecule has 0 atom stereocenters. The molecule has 2 aromatic carbocycles. The maximum absolute atomic E-state index is 13.4. The highest BCUT2D eigenvalue weighted by Gasteiger charge is 2.38. The molecule has 0 heterocycles. The largest absolute Gasteiger partial charge is 0.490 e. The van der Waals surface area contributed by atoms with Gasteiger partial charge in [-0.3, -0.25) is 4.79 Å². The minimum absolute atomic E-state index is 0.0297. The minimum atomic E-state index is -3.73. The molecule has 3 rings (SSSR count). The molecule has 1 saturated carbocycles. The molecule has 0 unspecified atom stereocenters. The highest BCUT2D eigenvalue weighted by atomic mass is 32.2. The number of primary amides is 1. The van der Waals surface area contributed by atoms with Crippen molar-refractivity contribution in [2.45, 2.75) is 44.2 Å². The number of amides is 1. The average molecular weight is 419 g/mol. The Kier molecular flexibility index (Phi) is 6.44. The van der Waals surface area contributed by atoms with E-state index in [0.29, 0.717) is 30.3 Å². The molecule has 0 saturated heterocycles. The van der Waals surface area contributed by atoms with Gasteiger partial charge in [-0.25, -0.2) is 8.42 Å². The number of rotatable bonds is 10. The summed E-state index contributed by atoms with van der Waals surface area (Å²) in [4.78, 5) is 11.4. The second-order valence-electron chi connectivity index (χ2n) is 6.82. The van der Waals surface area contributed by atoms with E-state index >= 15 is 0 Å². The van der Waals surface area contributed by atoms with Crippen LogP contribution >= 0.6 is 0 Å². The standard InChI is InChI=1S/C21H26N2O5S/c1-3-27-19-12-11-18(13-20(19)28-4-2)29(25,26)23(17-9-10-17)14-15-5-7-16(8-6-15)21(22)24/h5-8,11-13,17H,3-4,9-10,14H2,1-2H3,(H2,22,24). The van der Waals surface area contributed by atoms with Gasteiger partial charge in [0.05, 0.1) is 18.1 Å². The van der Waals surface area contributed by atoms with Crippen LogP contribution < -0.4 is 15.2 Å².